The molecule has 0 radical (unpaired) electrons. The van der Waals surface area contributed by atoms with Gasteiger partial charge in [0.1, 0.15) is 5.52 Å². The van der Waals surface area contributed by atoms with E-state index in [9.17, 15) is 4.79 Å². The number of hydrogen-bond donors (Lipinski definition) is 2. The van der Waals surface area contributed by atoms with Crippen LogP contribution in [0.4, 0.5) is 5.82 Å². The molecule has 1 fully saturated rings. The van der Waals surface area contributed by atoms with Crippen molar-refractivity contribution < 1.29 is 9.42 Å². The van der Waals surface area contributed by atoms with Gasteiger partial charge in [-0.1, -0.05) is 0 Å². The molecule has 0 bridgehead atoms. The van der Waals surface area contributed by atoms with Gasteiger partial charge in [0.2, 0.25) is 0 Å². The first-order valence-electron chi connectivity index (χ1n) is 8.07. The maximum Gasteiger partial charge on any atom is 0.257 e. The minimum Gasteiger partial charge on any atom is -0.379 e. The summed E-state index contributed by atoms with van der Waals surface area (Å²) in [7, 11) is 0. The third-order valence-electron chi connectivity index (χ3n) is 4.43. The van der Waals surface area contributed by atoms with Crippen LogP contribution in [0.5, 0.6) is 0 Å². The molecule has 1 amide bonds. The molecule has 0 aromatic carbocycles. The second-order valence-corrected chi connectivity index (χ2v) is 6.03. The molecule has 146 valence electrons. The highest BCUT2D eigenvalue weighted by molar-refractivity contribution is 6.05. The molecule has 12 heteroatoms. The number of carbonyl (C=O) groups is 1. The Kier molecular flexibility index (Phi) is 6.24. The van der Waals surface area contributed by atoms with Crippen LogP contribution in [0.1, 0.15) is 23.7 Å². The Morgan fingerprint density at radius 2 is 2.11 bits per heavy atom. The van der Waals surface area contributed by atoms with E-state index in [2.05, 4.69) is 24.9 Å². The Morgan fingerprint density at radius 3 is 2.70 bits per heavy atom. The summed E-state index contributed by atoms with van der Waals surface area (Å²) in [5.74, 6) is 0.547. The number of nitrogens with zero attached hydrogens (tertiary/aromatic N) is 6. The lowest BCUT2D eigenvalue weighted by molar-refractivity contribution is 0.0792. The van der Waals surface area contributed by atoms with Gasteiger partial charge >= 0.3 is 0 Å². The van der Waals surface area contributed by atoms with Crippen molar-refractivity contribution in [3.63, 3.8) is 0 Å². The molecule has 27 heavy (non-hydrogen) atoms. The summed E-state index contributed by atoms with van der Waals surface area (Å²) < 4.78 is 6.55. The third kappa shape index (κ3) is 3.43. The van der Waals surface area contributed by atoms with Crippen molar-refractivity contribution in [3.05, 3.63) is 18.0 Å². The number of carbonyl (C=O) groups excluding carboxylic acids is 1. The summed E-state index contributed by atoms with van der Waals surface area (Å²) in [6, 6.07) is 0.0174. The molecule has 3 aromatic heterocycles. The molecule has 3 aromatic rings. The number of nitrogens with two attached hydrogens (primary N) is 2. The van der Waals surface area contributed by atoms with Crippen molar-refractivity contribution in [3.8, 4) is 11.5 Å². The first-order valence-corrected chi connectivity index (χ1v) is 8.07. The second kappa shape index (κ2) is 8.07. The molecule has 1 aliphatic heterocycles. The second-order valence-electron chi connectivity index (χ2n) is 6.03. The van der Waals surface area contributed by atoms with Gasteiger partial charge in [0, 0.05) is 31.9 Å². The van der Waals surface area contributed by atoms with Gasteiger partial charge in [-0.3, -0.25) is 9.78 Å². The van der Waals surface area contributed by atoms with Crippen LogP contribution in [0.15, 0.2) is 17.0 Å². The van der Waals surface area contributed by atoms with E-state index < -0.39 is 0 Å². The van der Waals surface area contributed by atoms with E-state index in [1.54, 1.807) is 17.3 Å². The smallest absolute Gasteiger partial charge is 0.257 e. The maximum absolute atomic E-state index is 13.0. The third-order valence-corrected chi connectivity index (χ3v) is 4.43. The number of aryl methyl sites for hydroxylation is 1. The number of halogens is 2. The lowest BCUT2D eigenvalue weighted by Crippen LogP contribution is -2.32. The van der Waals surface area contributed by atoms with Crippen molar-refractivity contribution in [1.82, 2.24) is 29.7 Å². The van der Waals surface area contributed by atoms with Crippen LogP contribution in [0.3, 0.4) is 0 Å². The number of nitrogen functional groups attached to an aromatic ring is 1. The van der Waals surface area contributed by atoms with Crippen LogP contribution in [0, 0.1) is 0 Å². The molecule has 1 aliphatic rings. The summed E-state index contributed by atoms with van der Waals surface area (Å²) >= 11 is 0. The molecule has 4 heterocycles. The average molecular weight is 415 g/mol. The van der Waals surface area contributed by atoms with E-state index in [4.69, 9.17) is 11.5 Å². The van der Waals surface area contributed by atoms with Crippen LogP contribution in [-0.2, 0) is 6.54 Å². The molecule has 0 unspecified atom stereocenters. The first-order chi connectivity index (χ1) is 12.1. The normalized spacial score (nSPS) is 16.2. The Balaban J connectivity index is 0.00000131. The van der Waals surface area contributed by atoms with Gasteiger partial charge in [0.05, 0.1) is 17.3 Å². The molecule has 10 nitrogen and oxygen atoms in total. The molecule has 4 rings (SSSR count). The van der Waals surface area contributed by atoms with Gasteiger partial charge in [-0.2, -0.15) is 0 Å². The lowest BCUT2D eigenvalue weighted by Gasteiger charge is -2.16. The van der Waals surface area contributed by atoms with E-state index in [1.165, 1.54) is 0 Å². The van der Waals surface area contributed by atoms with Crippen molar-refractivity contribution in [1.29, 1.82) is 0 Å². The number of hydrogen-bond acceptors (Lipinski definition) is 8. The summed E-state index contributed by atoms with van der Waals surface area (Å²) in [5, 5.41) is 7.43. The van der Waals surface area contributed by atoms with Crippen LogP contribution in [-0.4, -0.2) is 54.8 Å². The fourth-order valence-electron chi connectivity index (χ4n) is 3.23. The van der Waals surface area contributed by atoms with Crippen molar-refractivity contribution >= 4 is 47.6 Å². The van der Waals surface area contributed by atoms with E-state index in [1.807, 2.05) is 11.5 Å². The van der Waals surface area contributed by atoms with Crippen LogP contribution in [0.25, 0.3) is 22.6 Å². The van der Waals surface area contributed by atoms with Gasteiger partial charge in [-0.15, -0.1) is 24.8 Å². The van der Waals surface area contributed by atoms with E-state index in [-0.39, 0.29) is 42.6 Å². The van der Waals surface area contributed by atoms with Gasteiger partial charge in [0.15, 0.2) is 17.3 Å². The fourth-order valence-corrected chi connectivity index (χ4v) is 3.23. The predicted molar refractivity (Wildman–Crippen MR) is 104 cm³/mol. The molecular weight excluding hydrogens is 395 g/mol. The fraction of sp³-hybridized carbons (Fsp3) is 0.400. The number of aromatic nitrogens is 5. The van der Waals surface area contributed by atoms with Gasteiger partial charge < -0.3 is 20.9 Å². The monoisotopic (exact) mass is 414 g/mol. The molecule has 1 atom stereocenters. The highest BCUT2D eigenvalue weighted by Gasteiger charge is 2.28. The van der Waals surface area contributed by atoms with E-state index in [0.717, 1.165) is 6.42 Å². The van der Waals surface area contributed by atoms with Crippen molar-refractivity contribution in [2.75, 3.05) is 18.8 Å². The molecule has 0 saturated carbocycles. The summed E-state index contributed by atoms with van der Waals surface area (Å²) in [6.07, 6.45) is 3.98. The zero-order valence-corrected chi connectivity index (χ0v) is 16.2. The molecule has 0 spiro atoms. The van der Waals surface area contributed by atoms with E-state index in [0.29, 0.717) is 47.7 Å². The number of amides is 1. The standard InChI is InChI=1S/C15H18N8O2.2ClH/c1-2-23-12-9(15(24)22-4-3-8(16)7-22)5-18-6-10(12)19-14(23)11-13(17)21-25-20-11;;/h5-6,8H,2-4,7,16H2,1H3,(H2,17,21);2*1H/t8-;;/m0../s1. The SMILES string of the molecule is CCn1c(-c2nonc2N)nc2cncc(C(=O)N3CC[C@H](N)C3)c21.Cl.Cl. The summed E-state index contributed by atoms with van der Waals surface area (Å²) in [5.41, 5.74) is 13.9. The number of likely N-dealkylation sites (tertiary alicyclic amines) is 1. The van der Waals surface area contributed by atoms with Crippen LogP contribution in [0.2, 0.25) is 0 Å². The largest absolute Gasteiger partial charge is 0.379 e. The van der Waals surface area contributed by atoms with Crippen LogP contribution >= 0.6 is 24.8 Å². The molecule has 4 N–H and O–H groups in total. The highest BCUT2D eigenvalue weighted by Crippen LogP contribution is 2.29. The molecule has 1 saturated heterocycles. The number of anilines is 1. The number of rotatable bonds is 3. The Hall–Kier alpha value is -2.43. The number of fused-ring (bicyclic) bond motifs is 1. The maximum atomic E-state index is 13.0. The minimum absolute atomic E-state index is 0. The van der Waals surface area contributed by atoms with Crippen molar-refractivity contribution in [2.24, 2.45) is 5.73 Å². The Labute approximate surface area is 167 Å². The minimum atomic E-state index is -0.0987. The topological polar surface area (TPSA) is 142 Å². The summed E-state index contributed by atoms with van der Waals surface area (Å²) in [6.45, 7) is 3.71. The number of pyridine rings is 1. The van der Waals surface area contributed by atoms with Crippen LogP contribution < -0.4 is 11.5 Å². The molecule has 0 aliphatic carbocycles. The quantitative estimate of drug-likeness (QED) is 0.648. The van der Waals surface area contributed by atoms with Gasteiger partial charge in [-0.05, 0) is 23.7 Å². The van der Waals surface area contributed by atoms with E-state index >= 15 is 0 Å². The Morgan fingerprint density at radius 1 is 1.33 bits per heavy atom. The van der Waals surface area contributed by atoms with Gasteiger partial charge in [-0.25, -0.2) is 9.61 Å². The predicted octanol–water partition coefficient (Wildman–Crippen LogP) is 1.10. The number of imidazole rings is 1. The highest BCUT2D eigenvalue weighted by atomic mass is 35.5. The Bertz CT molecular complexity index is 957. The van der Waals surface area contributed by atoms with Gasteiger partial charge in [0.25, 0.3) is 5.91 Å². The molecular formula is C15H20Cl2N8O2. The lowest BCUT2D eigenvalue weighted by atomic mass is 10.2. The van der Waals surface area contributed by atoms with Crippen molar-refractivity contribution in [2.45, 2.75) is 25.9 Å². The zero-order valence-electron chi connectivity index (χ0n) is 14.5. The summed E-state index contributed by atoms with van der Waals surface area (Å²) in [4.78, 5) is 23.4. The average Bonchev–Trinajstić information content (AvgIpc) is 3.31. The zero-order chi connectivity index (χ0) is 17.6. The first kappa shape index (κ1) is 20.9.